The molecule has 0 bridgehead atoms. The largest absolute Gasteiger partial charge is 0.351 e. The summed E-state index contributed by atoms with van der Waals surface area (Å²) in [5.41, 5.74) is 6.55. The number of rotatable bonds is 15. The molecule has 0 saturated heterocycles. The van der Waals surface area contributed by atoms with E-state index in [1.54, 1.807) is 6.08 Å². The predicted octanol–water partition coefficient (Wildman–Crippen LogP) is 5.87. The van der Waals surface area contributed by atoms with E-state index in [0.29, 0.717) is 13.1 Å². The van der Waals surface area contributed by atoms with Gasteiger partial charge in [-0.05, 0) is 37.5 Å². The van der Waals surface area contributed by atoms with Crippen LogP contribution in [-0.4, -0.2) is 19.0 Å². The van der Waals surface area contributed by atoms with Gasteiger partial charge in [-0.2, -0.15) is 0 Å². The van der Waals surface area contributed by atoms with Crippen LogP contribution in [0.25, 0.3) is 0 Å². The van der Waals surface area contributed by atoms with E-state index in [1.165, 1.54) is 56.9 Å². The standard InChI is InChI=1S/C22H44N2O.ClH/c1-18(2)9-6-10-19(3)11-7-12-20(4)13-8-14-21(5)17-22(25)24-16-15-23;/h17-20H,6-16,23H2,1-5H3,(H,24,25);1H. The molecule has 0 rings (SSSR count). The first-order valence-corrected chi connectivity index (χ1v) is 10.5. The number of hydrogen-bond donors (Lipinski definition) is 2. The molecule has 0 spiro atoms. The molecule has 0 aliphatic rings. The van der Waals surface area contributed by atoms with Crippen molar-refractivity contribution in [2.24, 2.45) is 23.5 Å². The van der Waals surface area contributed by atoms with E-state index in [-0.39, 0.29) is 18.3 Å². The Bertz CT molecular complexity index is 369. The van der Waals surface area contributed by atoms with Crippen molar-refractivity contribution in [1.82, 2.24) is 5.32 Å². The van der Waals surface area contributed by atoms with Gasteiger partial charge in [-0.3, -0.25) is 4.79 Å². The number of hydrogen-bond acceptors (Lipinski definition) is 2. The van der Waals surface area contributed by atoms with Gasteiger partial charge >= 0.3 is 0 Å². The molecule has 0 aliphatic heterocycles. The Morgan fingerprint density at radius 1 is 0.923 bits per heavy atom. The van der Waals surface area contributed by atoms with Gasteiger partial charge < -0.3 is 11.1 Å². The fourth-order valence-electron chi connectivity index (χ4n) is 3.25. The number of nitrogens with one attached hydrogen (secondary N) is 1. The Labute approximate surface area is 169 Å². The molecular weight excluding hydrogens is 344 g/mol. The highest BCUT2D eigenvalue weighted by Crippen LogP contribution is 2.21. The van der Waals surface area contributed by atoms with Crippen LogP contribution in [0.2, 0.25) is 0 Å². The molecule has 0 aromatic rings. The second-order valence-electron chi connectivity index (χ2n) is 8.43. The van der Waals surface area contributed by atoms with Crippen LogP contribution in [0.15, 0.2) is 11.6 Å². The summed E-state index contributed by atoms with van der Waals surface area (Å²) in [5.74, 6) is 2.50. The second kappa shape index (κ2) is 17.9. The first-order chi connectivity index (χ1) is 11.8. The lowest BCUT2D eigenvalue weighted by molar-refractivity contribution is -0.116. The average Bonchev–Trinajstić information content (AvgIpc) is 2.52. The maximum Gasteiger partial charge on any atom is 0.243 e. The molecule has 0 fully saturated rings. The Morgan fingerprint density at radius 2 is 1.42 bits per heavy atom. The Morgan fingerprint density at radius 3 is 1.92 bits per heavy atom. The molecule has 0 radical (unpaired) electrons. The summed E-state index contributed by atoms with van der Waals surface area (Å²) < 4.78 is 0. The molecule has 0 aromatic heterocycles. The molecule has 156 valence electrons. The molecule has 26 heavy (non-hydrogen) atoms. The highest BCUT2D eigenvalue weighted by molar-refractivity contribution is 5.88. The maximum atomic E-state index is 11.6. The number of halogens is 1. The molecule has 0 heterocycles. The average molecular weight is 389 g/mol. The van der Waals surface area contributed by atoms with Crippen molar-refractivity contribution in [1.29, 1.82) is 0 Å². The summed E-state index contributed by atoms with van der Waals surface area (Å²) in [7, 11) is 0. The summed E-state index contributed by atoms with van der Waals surface area (Å²) >= 11 is 0. The van der Waals surface area contributed by atoms with Crippen LogP contribution in [-0.2, 0) is 4.79 Å². The zero-order valence-corrected chi connectivity index (χ0v) is 18.8. The third-order valence-electron chi connectivity index (χ3n) is 4.96. The number of amides is 1. The Hall–Kier alpha value is -0.540. The van der Waals surface area contributed by atoms with E-state index in [4.69, 9.17) is 5.73 Å². The van der Waals surface area contributed by atoms with Gasteiger partial charge in [-0.25, -0.2) is 0 Å². The van der Waals surface area contributed by atoms with Crippen LogP contribution in [0.4, 0.5) is 0 Å². The molecular formula is C22H45ClN2O. The quantitative estimate of drug-likeness (QED) is 0.345. The zero-order chi connectivity index (χ0) is 19.1. The van der Waals surface area contributed by atoms with Gasteiger partial charge in [0.1, 0.15) is 0 Å². The summed E-state index contributed by atoms with van der Waals surface area (Å²) in [4.78, 5) is 11.6. The summed E-state index contributed by atoms with van der Waals surface area (Å²) in [6, 6.07) is 0. The molecule has 4 heteroatoms. The zero-order valence-electron chi connectivity index (χ0n) is 18.0. The SMILES string of the molecule is CC(=CC(=O)NCCN)CCCC(C)CCCC(C)CCCC(C)C.Cl. The molecule has 0 aromatic carbocycles. The first kappa shape index (κ1) is 27.7. The maximum absolute atomic E-state index is 11.6. The summed E-state index contributed by atoms with van der Waals surface area (Å²) in [5, 5.41) is 2.78. The van der Waals surface area contributed by atoms with E-state index in [9.17, 15) is 4.79 Å². The highest BCUT2D eigenvalue weighted by Gasteiger charge is 2.07. The Kier molecular flexibility index (Phi) is 19.0. The van der Waals surface area contributed by atoms with Gasteiger partial charge in [-0.1, -0.05) is 78.2 Å². The fourth-order valence-corrected chi connectivity index (χ4v) is 3.25. The minimum Gasteiger partial charge on any atom is -0.351 e. The Balaban J connectivity index is 0. The number of allylic oxidation sites excluding steroid dienone is 1. The van der Waals surface area contributed by atoms with Gasteiger partial charge in [0.15, 0.2) is 0 Å². The third kappa shape index (κ3) is 18.3. The fraction of sp³-hybridized carbons (Fsp3) is 0.864. The number of carbonyl (C=O) groups is 1. The molecule has 3 nitrogen and oxygen atoms in total. The van der Waals surface area contributed by atoms with Gasteiger partial charge in [0.25, 0.3) is 0 Å². The molecule has 2 atom stereocenters. The van der Waals surface area contributed by atoms with Gasteiger partial charge in [0.05, 0.1) is 0 Å². The van der Waals surface area contributed by atoms with Crippen LogP contribution >= 0.6 is 12.4 Å². The first-order valence-electron chi connectivity index (χ1n) is 10.5. The predicted molar refractivity (Wildman–Crippen MR) is 118 cm³/mol. The number of carbonyl (C=O) groups excluding carboxylic acids is 1. The van der Waals surface area contributed by atoms with Crippen molar-refractivity contribution in [3.05, 3.63) is 11.6 Å². The monoisotopic (exact) mass is 388 g/mol. The minimum absolute atomic E-state index is 0. The van der Waals surface area contributed by atoms with Crippen molar-refractivity contribution in [2.75, 3.05) is 13.1 Å². The minimum atomic E-state index is -0.0116. The van der Waals surface area contributed by atoms with E-state index >= 15 is 0 Å². The molecule has 1 amide bonds. The lowest BCUT2D eigenvalue weighted by Crippen LogP contribution is -2.27. The topological polar surface area (TPSA) is 55.1 Å². The van der Waals surface area contributed by atoms with E-state index in [1.807, 2.05) is 6.92 Å². The lowest BCUT2D eigenvalue weighted by atomic mass is 9.91. The van der Waals surface area contributed by atoms with E-state index < -0.39 is 0 Å². The van der Waals surface area contributed by atoms with Crippen molar-refractivity contribution < 1.29 is 4.79 Å². The second-order valence-corrected chi connectivity index (χ2v) is 8.43. The highest BCUT2D eigenvalue weighted by atomic mass is 35.5. The number of nitrogens with two attached hydrogens (primary N) is 1. The molecule has 0 aliphatic carbocycles. The summed E-state index contributed by atoms with van der Waals surface area (Å²) in [6.07, 6.45) is 13.4. The van der Waals surface area contributed by atoms with Crippen molar-refractivity contribution in [3.63, 3.8) is 0 Å². The smallest absolute Gasteiger partial charge is 0.243 e. The van der Waals surface area contributed by atoms with E-state index in [2.05, 4.69) is 33.0 Å². The molecule has 3 N–H and O–H groups in total. The molecule has 2 unspecified atom stereocenters. The van der Waals surface area contributed by atoms with Crippen LogP contribution < -0.4 is 11.1 Å². The van der Waals surface area contributed by atoms with Crippen molar-refractivity contribution >= 4 is 18.3 Å². The van der Waals surface area contributed by atoms with Crippen molar-refractivity contribution in [3.8, 4) is 0 Å². The van der Waals surface area contributed by atoms with Crippen LogP contribution in [0, 0.1) is 17.8 Å². The van der Waals surface area contributed by atoms with Crippen LogP contribution in [0.5, 0.6) is 0 Å². The van der Waals surface area contributed by atoms with Crippen LogP contribution in [0.1, 0.15) is 92.4 Å². The van der Waals surface area contributed by atoms with E-state index in [0.717, 1.165) is 24.2 Å². The third-order valence-corrected chi connectivity index (χ3v) is 4.96. The van der Waals surface area contributed by atoms with Gasteiger partial charge in [0.2, 0.25) is 5.91 Å². The van der Waals surface area contributed by atoms with Crippen molar-refractivity contribution in [2.45, 2.75) is 92.4 Å². The molecule has 0 saturated carbocycles. The van der Waals surface area contributed by atoms with Gasteiger partial charge in [-0.15, -0.1) is 12.4 Å². The normalized spacial score (nSPS) is 14.0. The van der Waals surface area contributed by atoms with Gasteiger partial charge in [0, 0.05) is 19.2 Å². The summed E-state index contributed by atoms with van der Waals surface area (Å²) in [6.45, 7) is 12.5. The lowest BCUT2D eigenvalue weighted by Gasteiger charge is -2.15. The van der Waals surface area contributed by atoms with Crippen LogP contribution in [0.3, 0.4) is 0 Å².